The Morgan fingerprint density at radius 1 is 1.15 bits per heavy atom. The summed E-state index contributed by atoms with van der Waals surface area (Å²) in [7, 11) is -3.87. The van der Waals surface area contributed by atoms with Gasteiger partial charge in [-0.15, -0.1) is 0 Å². The van der Waals surface area contributed by atoms with Gasteiger partial charge in [0.2, 0.25) is 10.0 Å². The summed E-state index contributed by atoms with van der Waals surface area (Å²) in [6, 6.07) is 13.0. The number of sulfonamides is 1. The number of carbonyl (C=O) groups is 1. The van der Waals surface area contributed by atoms with Gasteiger partial charge in [-0.05, 0) is 30.2 Å². The number of ether oxygens (including phenoxy) is 1. The van der Waals surface area contributed by atoms with Crippen molar-refractivity contribution >= 4 is 16.0 Å². The second-order valence-electron chi connectivity index (χ2n) is 6.24. The highest BCUT2D eigenvalue weighted by molar-refractivity contribution is 7.89. The van der Waals surface area contributed by atoms with Crippen LogP contribution in [0.2, 0.25) is 0 Å². The Hall–Kier alpha value is -2.22. The molecule has 2 aromatic carbocycles. The first-order valence-corrected chi connectivity index (χ1v) is 9.80. The van der Waals surface area contributed by atoms with E-state index >= 15 is 0 Å². The van der Waals surface area contributed by atoms with Crippen molar-refractivity contribution in [2.45, 2.75) is 30.8 Å². The molecule has 0 amide bonds. The van der Waals surface area contributed by atoms with E-state index < -0.39 is 22.0 Å². The van der Waals surface area contributed by atoms with Crippen molar-refractivity contribution in [1.82, 2.24) is 4.31 Å². The molecule has 1 heterocycles. The number of aryl methyl sites for hydroxylation is 1. The molecule has 6 nitrogen and oxygen atoms in total. The van der Waals surface area contributed by atoms with Gasteiger partial charge in [0, 0.05) is 13.0 Å². The summed E-state index contributed by atoms with van der Waals surface area (Å²) < 4.78 is 32.6. The molecular formula is C19H21NO5S. The van der Waals surface area contributed by atoms with E-state index in [-0.39, 0.29) is 31.1 Å². The molecule has 7 heteroatoms. The molecule has 0 spiro atoms. The molecule has 1 N–H and O–H groups in total. The number of rotatable bonds is 5. The maximum atomic E-state index is 13.2. The molecule has 0 aliphatic carbocycles. The predicted octanol–water partition coefficient (Wildman–Crippen LogP) is 1.65. The molecule has 1 aliphatic rings. The Bertz CT molecular complexity index is 892. The maximum absolute atomic E-state index is 13.2. The third-order valence-electron chi connectivity index (χ3n) is 4.44. The van der Waals surface area contributed by atoms with Crippen LogP contribution in [0.3, 0.4) is 0 Å². The van der Waals surface area contributed by atoms with Gasteiger partial charge in [0.15, 0.2) is 0 Å². The van der Waals surface area contributed by atoms with Gasteiger partial charge in [0.1, 0.15) is 12.6 Å². The number of carbonyl (C=O) groups excluding carboxylic acids is 1. The fourth-order valence-electron chi connectivity index (χ4n) is 3.04. The van der Waals surface area contributed by atoms with E-state index in [1.807, 2.05) is 31.2 Å². The summed E-state index contributed by atoms with van der Waals surface area (Å²) in [4.78, 5) is 12.6. The van der Waals surface area contributed by atoms with Crippen molar-refractivity contribution in [2.24, 2.45) is 0 Å². The summed E-state index contributed by atoms with van der Waals surface area (Å²) in [5.41, 5.74) is 2.75. The number of hydrogen-bond acceptors (Lipinski definition) is 5. The van der Waals surface area contributed by atoms with Gasteiger partial charge in [0.05, 0.1) is 11.5 Å². The van der Waals surface area contributed by atoms with Crippen LogP contribution >= 0.6 is 0 Å². The normalized spacial score (nSPS) is 17.5. The minimum Gasteiger partial charge on any atom is -0.462 e. The van der Waals surface area contributed by atoms with E-state index in [1.165, 1.54) is 4.31 Å². The summed E-state index contributed by atoms with van der Waals surface area (Å²) in [5, 5.41) is 8.89. The first-order valence-electron chi connectivity index (χ1n) is 8.36. The molecular weight excluding hydrogens is 354 g/mol. The smallest absolute Gasteiger partial charge is 0.324 e. The predicted molar refractivity (Wildman–Crippen MR) is 95.9 cm³/mol. The molecule has 0 radical (unpaired) electrons. The van der Waals surface area contributed by atoms with Crippen LogP contribution in [0, 0.1) is 6.92 Å². The quantitative estimate of drug-likeness (QED) is 0.804. The van der Waals surface area contributed by atoms with E-state index in [9.17, 15) is 13.2 Å². The minimum absolute atomic E-state index is 0.102. The number of nitrogens with zero attached hydrogens (tertiary/aromatic N) is 1. The average Bonchev–Trinajstić information content (AvgIpc) is 2.65. The third-order valence-corrected chi connectivity index (χ3v) is 6.31. The van der Waals surface area contributed by atoms with Crippen LogP contribution in [0.4, 0.5) is 0 Å². The zero-order chi connectivity index (χ0) is 18.7. The largest absolute Gasteiger partial charge is 0.462 e. The zero-order valence-corrected chi connectivity index (χ0v) is 15.3. The van der Waals surface area contributed by atoms with Gasteiger partial charge in [0.25, 0.3) is 0 Å². The van der Waals surface area contributed by atoms with Gasteiger partial charge < -0.3 is 9.84 Å². The number of fused-ring (bicyclic) bond motifs is 1. The minimum atomic E-state index is -3.87. The second kappa shape index (κ2) is 7.57. The third kappa shape index (κ3) is 3.65. The lowest BCUT2D eigenvalue weighted by Gasteiger charge is -2.34. The summed E-state index contributed by atoms with van der Waals surface area (Å²) >= 11 is 0. The molecule has 26 heavy (non-hydrogen) atoms. The lowest BCUT2D eigenvalue weighted by Crippen LogP contribution is -2.49. The van der Waals surface area contributed by atoms with Gasteiger partial charge in [-0.2, -0.15) is 4.31 Å². The molecule has 0 bridgehead atoms. The first kappa shape index (κ1) is 18.6. The standard InChI is InChI=1S/C19H21NO5S/c1-14-6-8-17(9-7-14)26(23,24)20-13-16-5-3-2-4-15(16)12-18(20)19(22)25-11-10-21/h2-9,18,21H,10-13H2,1H3/t18-/m0/s1. The fourth-order valence-corrected chi connectivity index (χ4v) is 4.60. The molecule has 0 saturated carbocycles. The summed E-state index contributed by atoms with van der Waals surface area (Å²) in [6.07, 6.45) is 0.242. The van der Waals surface area contributed by atoms with Crippen molar-refractivity contribution in [2.75, 3.05) is 13.2 Å². The van der Waals surface area contributed by atoms with Gasteiger partial charge in [-0.1, -0.05) is 42.0 Å². The lowest BCUT2D eigenvalue weighted by molar-refractivity contribution is -0.149. The van der Waals surface area contributed by atoms with Crippen molar-refractivity contribution in [3.05, 3.63) is 65.2 Å². The maximum Gasteiger partial charge on any atom is 0.324 e. The van der Waals surface area contributed by atoms with Crippen molar-refractivity contribution in [3.8, 4) is 0 Å². The average molecular weight is 375 g/mol. The van der Waals surface area contributed by atoms with Crippen LogP contribution < -0.4 is 0 Å². The van der Waals surface area contributed by atoms with E-state index in [2.05, 4.69) is 0 Å². The first-order chi connectivity index (χ1) is 12.4. The molecule has 1 atom stereocenters. The van der Waals surface area contributed by atoms with Crippen molar-refractivity contribution in [1.29, 1.82) is 0 Å². The highest BCUT2D eigenvalue weighted by Gasteiger charge is 2.40. The molecule has 0 unspecified atom stereocenters. The van der Waals surface area contributed by atoms with E-state index in [4.69, 9.17) is 9.84 Å². The number of benzene rings is 2. The molecule has 3 rings (SSSR count). The van der Waals surface area contributed by atoms with Crippen molar-refractivity contribution < 1.29 is 23.1 Å². The Morgan fingerprint density at radius 3 is 2.46 bits per heavy atom. The molecule has 2 aromatic rings. The lowest BCUT2D eigenvalue weighted by atomic mass is 9.96. The van der Waals surface area contributed by atoms with E-state index in [1.54, 1.807) is 24.3 Å². The SMILES string of the molecule is Cc1ccc(S(=O)(=O)N2Cc3ccccc3C[C@H]2C(=O)OCCO)cc1. The van der Waals surface area contributed by atoms with Crippen molar-refractivity contribution in [3.63, 3.8) is 0 Å². The Labute approximate surface area is 153 Å². The second-order valence-corrected chi connectivity index (χ2v) is 8.13. The van der Waals surface area contributed by atoms with Crippen LogP contribution in [-0.4, -0.2) is 43.1 Å². The van der Waals surface area contributed by atoms with Crippen LogP contribution in [0.1, 0.15) is 16.7 Å². The Balaban J connectivity index is 2.00. The number of esters is 1. The van der Waals surface area contributed by atoms with Crippen LogP contribution in [0.5, 0.6) is 0 Å². The number of aliphatic hydroxyl groups is 1. The van der Waals surface area contributed by atoms with Crippen LogP contribution in [0.15, 0.2) is 53.4 Å². The number of aliphatic hydroxyl groups excluding tert-OH is 1. The highest BCUT2D eigenvalue weighted by atomic mass is 32.2. The molecule has 138 valence electrons. The van der Waals surface area contributed by atoms with E-state index in [0.717, 1.165) is 16.7 Å². The van der Waals surface area contributed by atoms with Gasteiger partial charge >= 0.3 is 5.97 Å². The Morgan fingerprint density at radius 2 is 1.81 bits per heavy atom. The highest BCUT2D eigenvalue weighted by Crippen LogP contribution is 2.29. The topological polar surface area (TPSA) is 83.9 Å². The van der Waals surface area contributed by atoms with Gasteiger partial charge in [-0.25, -0.2) is 8.42 Å². The van der Waals surface area contributed by atoms with Crippen LogP contribution in [-0.2, 0) is 32.5 Å². The zero-order valence-electron chi connectivity index (χ0n) is 14.5. The summed E-state index contributed by atoms with van der Waals surface area (Å²) in [5.74, 6) is -0.649. The van der Waals surface area contributed by atoms with Crippen LogP contribution in [0.25, 0.3) is 0 Å². The monoisotopic (exact) mass is 375 g/mol. The Kier molecular flexibility index (Phi) is 5.41. The number of hydrogen-bond donors (Lipinski definition) is 1. The molecule has 0 fully saturated rings. The van der Waals surface area contributed by atoms with Gasteiger partial charge in [-0.3, -0.25) is 4.79 Å². The molecule has 1 aliphatic heterocycles. The summed E-state index contributed by atoms with van der Waals surface area (Å²) in [6.45, 7) is 1.52. The molecule has 0 saturated heterocycles. The van der Waals surface area contributed by atoms with E-state index in [0.29, 0.717) is 0 Å². The fraction of sp³-hybridized carbons (Fsp3) is 0.316. The molecule has 0 aromatic heterocycles.